The van der Waals surface area contributed by atoms with Gasteiger partial charge in [-0.2, -0.15) is 0 Å². The monoisotopic (exact) mass is 224 g/mol. The van der Waals surface area contributed by atoms with Gasteiger partial charge in [-0.1, -0.05) is 12.1 Å². The molecule has 0 aromatic heterocycles. The summed E-state index contributed by atoms with van der Waals surface area (Å²) in [6.45, 7) is -0.171. The summed E-state index contributed by atoms with van der Waals surface area (Å²) in [6, 6.07) is 5.63. The Kier molecular flexibility index (Phi) is 4.41. The lowest BCUT2D eigenvalue weighted by atomic mass is 10.1. The van der Waals surface area contributed by atoms with Crippen LogP contribution in [0.4, 0.5) is 5.69 Å². The zero-order valence-corrected chi connectivity index (χ0v) is 8.50. The number of hydrogen-bond acceptors (Lipinski definition) is 4. The number of benzene rings is 1. The minimum absolute atomic E-state index is 0.0210. The van der Waals surface area contributed by atoms with E-state index in [1.807, 2.05) is 0 Å². The molecule has 1 aromatic rings. The molecule has 0 fully saturated rings. The highest BCUT2D eigenvalue weighted by atomic mass is 16.6. The van der Waals surface area contributed by atoms with Gasteiger partial charge in [0.2, 0.25) is 6.41 Å². The van der Waals surface area contributed by atoms with Gasteiger partial charge in [0.15, 0.2) is 0 Å². The van der Waals surface area contributed by atoms with Crippen molar-refractivity contribution in [2.75, 3.05) is 6.61 Å². The van der Waals surface area contributed by atoms with Crippen molar-refractivity contribution in [2.24, 2.45) is 0 Å². The first-order valence-electron chi connectivity index (χ1n) is 4.71. The summed E-state index contributed by atoms with van der Waals surface area (Å²) >= 11 is 0. The standard InChI is InChI=1S/C10H12N2O4/c13-6-9(11-7-14)5-8-1-3-10(4-2-8)12(15)16/h1-4,7,9,13H,5-6H2,(H,11,14). The molecule has 0 radical (unpaired) electrons. The van der Waals surface area contributed by atoms with E-state index in [2.05, 4.69) is 5.32 Å². The molecule has 86 valence electrons. The van der Waals surface area contributed by atoms with Crippen LogP contribution in [0, 0.1) is 10.1 Å². The molecule has 1 amide bonds. The molecular formula is C10H12N2O4. The minimum atomic E-state index is -0.475. The molecule has 0 aliphatic rings. The normalized spacial score (nSPS) is 11.8. The van der Waals surface area contributed by atoms with E-state index in [-0.39, 0.29) is 18.3 Å². The summed E-state index contributed by atoms with van der Waals surface area (Å²) in [7, 11) is 0. The van der Waals surface area contributed by atoms with Gasteiger partial charge >= 0.3 is 0 Å². The average Bonchev–Trinajstić information content (AvgIpc) is 2.29. The first-order chi connectivity index (χ1) is 7.67. The Labute approximate surface area is 92.0 Å². The Morgan fingerprint density at radius 3 is 2.50 bits per heavy atom. The van der Waals surface area contributed by atoms with Crippen molar-refractivity contribution in [2.45, 2.75) is 12.5 Å². The molecule has 0 saturated carbocycles. The third-order valence-electron chi connectivity index (χ3n) is 2.15. The molecule has 1 rings (SSSR count). The van der Waals surface area contributed by atoms with Gasteiger partial charge in [-0.3, -0.25) is 14.9 Å². The van der Waals surface area contributed by atoms with Gasteiger partial charge in [-0.25, -0.2) is 0 Å². The van der Waals surface area contributed by atoms with Crippen LogP contribution in [0.3, 0.4) is 0 Å². The minimum Gasteiger partial charge on any atom is -0.394 e. The van der Waals surface area contributed by atoms with Crippen LogP contribution in [-0.4, -0.2) is 29.1 Å². The summed E-state index contributed by atoms with van der Waals surface area (Å²) in [5.74, 6) is 0. The summed E-state index contributed by atoms with van der Waals surface area (Å²) in [4.78, 5) is 20.1. The van der Waals surface area contributed by atoms with Gasteiger partial charge in [-0.15, -0.1) is 0 Å². The number of nitrogens with one attached hydrogen (secondary N) is 1. The van der Waals surface area contributed by atoms with Crippen molar-refractivity contribution in [1.82, 2.24) is 5.32 Å². The van der Waals surface area contributed by atoms with Gasteiger partial charge in [0.1, 0.15) is 0 Å². The zero-order chi connectivity index (χ0) is 12.0. The number of carbonyl (C=O) groups is 1. The molecule has 0 heterocycles. The molecule has 1 aromatic carbocycles. The van der Waals surface area contributed by atoms with E-state index in [1.165, 1.54) is 12.1 Å². The van der Waals surface area contributed by atoms with Crippen LogP contribution in [0.2, 0.25) is 0 Å². The number of aliphatic hydroxyl groups is 1. The molecule has 0 saturated heterocycles. The molecule has 0 aliphatic carbocycles. The highest BCUT2D eigenvalue weighted by Gasteiger charge is 2.09. The number of carbonyl (C=O) groups excluding carboxylic acids is 1. The van der Waals surface area contributed by atoms with E-state index in [0.717, 1.165) is 5.56 Å². The number of nitrogens with zero attached hydrogens (tertiary/aromatic N) is 1. The van der Waals surface area contributed by atoms with Crippen LogP contribution in [-0.2, 0) is 11.2 Å². The molecule has 16 heavy (non-hydrogen) atoms. The van der Waals surface area contributed by atoms with Crippen LogP contribution < -0.4 is 5.32 Å². The highest BCUT2D eigenvalue weighted by Crippen LogP contribution is 2.12. The number of nitro groups is 1. The first kappa shape index (κ1) is 12.1. The molecular weight excluding hydrogens is 212 g/mol. The third-order valence-corrected chi connectivity index (χ3v) is 2.15. The molecule has 0 bridgehead atoms. The number of nitro benzene ring substituents is 1. The fraction of sp³-hybridized carbons (Fsp3) is 0.300. The Hall–Kier alpha value is -1.95. The molecule has 6 heteroatoms. The fourth-order valence-electron chi connectivity index (χ4n) is 1.31. The maximum absolute atomic E-state index is 10.4. The molecule has 0 spiro atoms. The first-order valence-corrected chi connectivity index (χ1v) is 4.71. The number of hydrogen-bond donors (Lipinski definition) is 2. The van der Waals surface area contributed by atoms with Crippen molar-refractivity contribution >= 4 is 12.1 Å². The predicted octanol–water partition coefficient (Wildman–Crippen LogP) is 0.244. The number of amides is 1. The van der Waals surface area contributed by atoms with Crippen LogP contribution in [0.1, 0.15) is 5.56 Å². The van der Waals surface area contributed by atoms with Crippen molar-refractivity contribution in [3.05, 3.63) is 39.9 Å². The van der Waals surface area contributed by atoms with Crippen molar-refractivity contribution < 1.29 is 14.8 Å². The summed E-state index contributed by atoms with van der Waals surface area (Å²) < 4.78 is 0. The average molecular weight is 224 g/mol. The summed E-state index contributed by atoms with van der Waals surface area (Å²) in [6.07, 6.45) is 0.958. The van der Waals surface area contributed by atoms with Crippen LogP contribution in [0.5, 0.6) is 0 Å². The van der Waals surface area contributed by atoms with E-state index < -0.39 is 4.92 Å². The lowest BCUT2D eigenvalue weighted by molar-refractivity contribution is -0.384. The van der Waals surface area contributed by atoms with Crippen molar-refractivity contribution in [3.8, 4) is 0 Å². The van der Waals surface area contributed by atoms with Gasteiger partial charge in [-0.05, 0) is 12.0 Å². The van der Waals surface area contributed by atoms with E-state index in [0.29, 0.717) is 12.8 Å². The van der Waals surface area contributed by atoms with E-state index in [1.54, 1.807) is 12.1 Å². The predicted molar refractivity (Wildman–Crippen MR) is 56.9 cm³/mol. The summed E-state index contributed by atoms with van der Waals surface area (Å²) in [5, 5.41) is 21.8. The van der Waals surface area contributed by atoms with Crippen molar-refractivity contribution in [1.29, 1.82) is 0 Å². The number of aliphatic hydroxyl groups excluding tert-OH is 1. The van der Waals surface area contributed by atoms with Crippen LogP contribution in [0.25, 0.3) is 0 Å². The largest absolute Gasteiger partial charge is 0.394 e. The van der Waals surface area contributed by atoms with E-state index >= 15 is 0 Å². The lowest BCUT2D eigenvalue weighted by Crippen LogP contribution is -2.33. The van der Waals surface area contributed by atoms with Gasteiger partial charge in [0.25, 0.3) is 5.69 Å². The molecule has 2 N–H and O–H groups in total. The quantitative estimate of drug-likeness (QED) is 0.411. The Morgan fingerprint density at radius 1 is 1.44 bits per heavy atom. The van der Waals surface area contributed by atoms with Gasteiger partial charge in [0.05, 0.1) is 17.6 Å². The fourth-order valence-corrected chi connectivity index (χ4v) is 1.31. The van der Waals surface area contributed by atoms with E-state index in [9.17, 15) is 14.9 Å². The molecule has 0 aliphatic heterocycles. The smallest absolute Gasteiger partial charge is 0.269 e. The van der Waals surface area contributed by atoms with E-state index in [4.69, 9.17) is 5.11 Å². The van der Waals surface area contributed by atoms with Gasteiger partial charge in [0, 0.05) is 12.1 Å². The Balaban J connectivity index is 2.66. The number of non-ortho nitro benzene ring substituents is 1. The second kappa shape index (κ2) is 5.82. The molecule has 1 atom stereocenters. The van der Waals surface area contributed by atoms with Crippen molar-refractivity contribution in [3.63, 3.8) is 0 Å². The number of rotatable bonds is 6. The van der Waals surface area contributed by atoms with Crippen LogP contribution in [0.15, 0.2) is 24.3 Å². The maximum atomic E-state index is 10.4. The lowest BCUT2D eigenvalue weighted by Gasteiger charge is -2.12. The second-order valence-electron chi connectivity index (χ2n) is 3.29. The zero-order valence-electron chi connectivity index (χ0n) is 8.50. The third kappa shape index (κ3) is 3.32. The van der Waals surface area contributed by atoms with Gasteiger partial charge < -0.3 is 10.4 Å². The SMILES string of the molecule is O=CNC(CO)Cc1ccc([N+](=O)[O-])cc1. The Morgan fingerprint density at radius 2 is 2.06 bits per heavy atom. The second-order valence-corrected chi connectivity index (χ2v) is 3.29. The van der Waals surface area contributed by atoms with Crippen LogP contribution >= 0.6 is 0 Å². The molecule has 1 unspecified atom stereocenters. The maximum Gasteiger partial charge on any atom is 0.269 e. The topological polar surface area (TPSA) is 92.5 Å². The Bertz CT molecular complexity index is 364. The summed E-state index contributed by atoms with van der Waals surface area (Å²) in [5.41, 5.74) is 0.839. The molecule has 6 nitrogen and oxygen atoms in total. The highest BCUT2D eigenvalue weighted by molar-refractivity contribution is 5.47.